The summed E-state index contributed by atoms with van der Waals surface area (Å²) < 4.78 is 15.9. The van der Waals surface area contributed by atoms with Crippen molar-refractivity contribution in [3.05, 3.63) is 63.7 Å². The van der Waals surface area contributed by atoms with Crippen LogP contribution in [0.25, 0.3) is 0 Å². The summed E-state index contributed by atoms with van der Waals surface area (Å²) in [6.45, 7) is -0.378. The van der Waals surface area contributed by atoms with E-state index in [4.69, 9.17) is 14.2 Å². The van der Waals surface area contributed by atoms with Crippen LogP contribution in [0.4, 0.5) is 0 Å². The molecule has 7 nitrogen and oxygen atoms in total. The third-order valence-corrected chi connectivity index (χ3v) is 4.06. The van der Waals surface area contributed by atoms with Crippen molar-refractivity contribution in [1.29, 1.82) is 0 Å². The van der Waals surface area contributed by atoms with E-state index in [1.54, 1.807) is 36.4 Å². The van der Waals surface area contributed by atoms with Gasteiger partial charge in [-0.15, -0.1) is 0 Å². The van der Waals surface area contributed by atoms with Gasteiger partial charge in [0.1, 0.15) is 0 Å². The highest BCUT2D eigenvalue weighted by Crippen LogP contribution is 2.40. The Balaban J connectivity index is 2.40. The highest BCUT2D eigenvalue weighted by Gasteiger charge is 2.25. The van der Waals surface area contributed by atoms with Gasteiger partial charge in [0.15, 0.2) is 17.3 Å². The fraction of sp³-hybridized carbons (Fsp3) is 0.316. The van der Waals surface area contributed by atoms with E-state index in [0.29, 0.717) is 28.4 Å². The van der Waals surface area contributed by atoms with Crippen molar-refractivity contribution in [2.75, 3.05) is 27.9 Å². The van der Waals surface area contributed by atoms with Gasteiger partial charge in [-0.25, -0.2) is 0 Å². The number of benzene rings is 2. The van der Waals surface area contributed by atoms with E-state index in [1.165, 1.54) is 21.3 Å². The Kier molecular flexibility index (Phi) is 6.54. The zero-order valence-corrected chi connectivity index (χ0v) is 14.9. The Morgan fingerprint density at radius 3 is 2.08 bits per heavy atom. The predicted molar refractivity (Wildman–Crippen MR) is 96.1 cm³/mol. The molecule has 0 radical (unpaired) electrons. The third kappa shape index (κ3) is 4.50. The molecule has 2 rings (SSSR count). The molecule has 0 unspecified atom stereocenters. The second kappa shape index (κ2) is 8.84. The molecule has 0 heterocycles. The zero-order valence-electron chi connectivity index (χ0n) is 14.9. The lowest BCUT2D eigenvalue weighted by molar-refractivity contribution is -0.483. The molecule has 0 aliphatic carbocycles. The van der Waals surface area contributed by atoms with Crippen molar-refractivity contribution in [1.82, 2.24) is 0 Å². The molecule has 138 valence electrons. The van der Waals surface area contributed by atoms with Gasteiger partial charge in [-0.3, -0.25) is 14.9 Å². The lowest BCUT2D eigenvalue weighted by Gasteiger charge is -2.18. The minimum atomic E-state index is -0.619. The molecular formula is C19H21NO6. The van der Waals surface area contributed by atoms with E-state index in [2.05, 4.69) is 0 Å². The molecule has 2 aromatic rings. The van der Waals surface area contributed by atoms with Crippen LogP contribution in [-0.2, 0) is 0 Å². The number of nitro groups is 1. The second-order valence-corrected chi connectivity index (χ2v) is 5.66. The van der Waals surface area contributed by atoms with Crippen molar-refractivity contribution in [2.45, 2.75) is 12.3 Å². The first-order valence-corrected chi connectivity index (χ1v) is 8.00. The summed E-state index contributed by atoms with van der Waals surface area (Å²) in [5, 5.41) is 11.1. The molecule has 0 aliphatic heterocycles. The van der Waals surface area contributed by atoms with E-state index in [0.717, 1.165) is 0 Å². The fourth-order valence-corrected chi connectivity index (χ4v) is 2.77. The highest BCUT2D eigenvalue weighted by molar-refractivity contribution is 5.96. The second-order valence-electron chi connectivity index (χ2n) is 5.66. The molecule has 0 amide bonds. The largest absolute Gasteiger partial charge is 0.493 e. The van der Waals surface area contributed by atoms with Crippen LogP contribution < -0.4 is 14.2 Å². The molecule has 26 heavy (non-hydrogen) atoms. The minimum absolute atomic E-state index is 0.00360. The van der Waals surface area contributed by atoms with Crippen LogP contribution in [0.2, 0.25) is 0 Å². The normalized spacial score (nSPS) is 11.5. The Hall–Kier alpha value is -3.09. The molecule has 0 aromatic heterocycles. The van der Waals surface area contributed by atoms with Crippen molar-refractivity contribution in [3.63, 3.8) is 0 Å². The Labute approximate surface area is 151 Å². The van der Waals surface area contributed by atoms with Gasteiger partial charge in [0.05, 0.1) is 27.2 Å². The molecular weight excluding hydrogens is 338 g/mol. The first-order valence-electron chi connectivity index (χ1n) is 8.00. The maximum Gasteiger partial charge on any atom is 0.211 e. The summed E-state index contributed by atoms with van der Waals surface area (Å²) >= 11 is 0. The van der Waals surface area contributed by atoms with Gasteiger partial charge in [0.2, 0.25) is 12.3 Å². The molecule has 0 bridgehead atoms. The van der Waals surface area contributed by atoms with Crippen LogP contribution in [0.3, 0.4) is 0 Å². The molecule has 0 saturated carbocycles. The summed E-state index contributed by atoms with van der Waals surface area (Å²) in [4.78, 5) is 23.2. The smallest absolute Gasteiger partial charge is 0.211 e. The number of rotatable bonds is 9. The number of Topliss-reactive ketones (excluding diaryl/α,β-unsaturated/α-hetero) is 1. The third-order valence-electron chi connectivity index (χ3n) is 4.06. The number of hydrogen-bond acceptors (Lipinski definition) is 6. The number of ether oxygens (including phenoxy) is 3. The average Bonchev–Trinajstić information content (AvgIpc) is 2.66. The lowest BCUT2D eigenvalue weighted by atomic mass is 9.91. The SMILES string of the molecule is COc1cc([C@@H](CC(=O)c2ccccc2)C[N+](=O)[O-])cc(OC)c1OC. The Morgan fingerprint density at radius 2 is 1.62 bits per heavy atom. The highest BCUT2D eigenvalue weighted by atomic mass is 16.6. The monoisotopic (exact) mass is 359 g/mol. The van der Waals surface area contributed by atoms with Crippen LogP contribution in [0.15, 0.2) is 42.5 Å². The van der Waals surface area contributed by atoms with Gasteiger partial charge >= 0.3 is 0 Å². The molecule has 0 saturated heterocycles. The van der Waals surface area contributed by atoms with Crippen molar-refractivity contribution >= 4 is 5.78 Å². The van der Waals surface area contributed by atoms with Crippen LogP contribution in [0.5, 0.6) is 17.2 Å². The summed E-state index contributed by atoms with van der Waals surface area (Å²) in [7, 11) is 4.42. The van der Waals surface area contributed by atoms with Gasteiger partial charge in [-0.1, -0.05) is 30.3 Å². The van der Waals surface area contributed by atoms with E-state index in [1.807, 2.05) is 6.07 Å². The first kappa shape index (κ1) is 19.2. The quantitative estimate of drug-likeness (QED) is 0.388. The number of ketones is 1. The topological polar surface area (TPSA) is 87.9 Å². The summed E-state index contributed by atoms with van der Waals surface area (Å²) in [6.07, 6.45) is 0.00360. The summed E-state index contributed by atoms with van der Waals surface area (Å²) in [5.41, 5.74) is 1.11. The Bertz CT molecular complexity index is 750. The molecule has 7 heteroatoms. The summed E-state index contributed by atoms with van der Waals surface area (Å²) in [6, 6.07) is 12.0. The number of carbonyl (C=O) groups is 1. The van der Waals surface area contributed by atoms with E-state index in [-0.39, 0.29) is 18.7 Å². The van der Waals surface area contributed by atoms with Gasteiger partial charge in [0, 0.05) is 16.9 Å². The Morgan fingerprint density at radius 1 is 1.04 bits per heavy atom. The van der Waals surface area contributed by atoms with Crippen molar-refractivity contribution in [2.24, 2.45) is 0 Å². The van der Waals surface area contributed by atoms with E-state index in [9.17, 15) is 14.9 Å². The maximum atomic E-state index is 12.5. The number of methoxy groups -OCH3 is 3. The van der Waals surface area contributed by atoms with Gasteiger partial charge in [0.25, 0.3) is 0 Å². The number of nitrogens with zero attached hydrogens (tertiary/aromatic N) is 1. The van der Waals surface area contributed by atoms with Crippen molar-refractivity contribution < 1.29 is 23.9 Å². The lowest BCUT2D eigenvalue weighted by Crippen LogP contribution is -2.17. The van der Waals surface area contributed by atoms with Gasteiger partial charge in [-0.2, -0.15) is 0 Å². The average molecular weight is 359 g/mol. The molecule has 1 atom stereocenters. The predicted octanol–water partition coefficient (Wildman–Crippen LogP) is 3.35. The number of hydrogen-bond donors (Lipinski definition) is 0. The molecule has 0 N–H and O–H groups in total. The fourth-order valence-electron chi connectivity index (χ4n) is 2.77. The van der Waals surface area contributed by atoms with Gasteiger partial charge < -0.3 is 14.2 Å². The minimum Gasteiger partial charge on any atom is -0.493 e. The van der Waals surface area contributed by atoms with Crippen LogP contribution in [-0.4, -0.2) is 38.6 Å². The van der Waals surface area contributed by atoms with Crippen molar-refractivity contribution in [3.8, 4) is 17.2 Å². The van der Waals surface area contributed by atoms with E-state index >= 15 is 0 Å². The molecule has 2 aromatic carbocycles. The summed E-state index contributed by atoms with van der Waals surface area (Å²) in [5.74, 6) is 0.398. The maximum absolute atomic E-state index is 12.5. The van der Waals surface area contributed by atoms with Crippen LogP contribution in [0, 0.1) is 10.1 Å². The molecule has 0 fully saturated rings. The number of carbonyl (C=O) groups excluding carboxylic acids is 1. The zero-order chi connectivity index (χ0) is 19.1. The van der Waals surface area contributed by atoms with Gasteiger partial charge in [-0.05, 0) is 17.7 Å². The first-order chi connectivity index (χ1) is 12.5. The standard InChI is InChI=1S/C19H21NO6/c1-24-17-10-14(11-18(25-2)19(17)26-3)15(12-20(22)23)9-16(21)13-7-5-4-6-8-13/h4-8,10-11,15H,9,12H2,1-3H3/t15-/m0/s1. The molecule has 0 spiro atoms. The molecule has 0 aliphatic rings. The van der Waals surface area contributed by atoms with Crippen LogP contribution in [0.1, 0.15) is 28.3 Å². The van der Waals surface area contributed by atoms with Crippen LogP contribution >= 0.6 is 0 Å². The van der Waals surface area contributed by atoms with E-state index < -0.39 is 10.8 Å².